The van der Waals surface area contributed by atoms with Crippen molar-refractivity contribution in [2.24, 2.45) is 5.73 Å². The van der Waals surface area contributed by atoms with Crippen LogP contribution < -0.4 is 5.73 Å². The molecule has 0 bridgehead atoms. The number of rotatable bonds is 2. The molecule has 2 N–H and O–H groups in total. The van der Waals surface area contributed by atoms with Gasteiger partial charge in [-0.15, -0.1) is 0 Å². The summed E-state index contributed by atoms with van der Waals surface area (Å²) < 4.78 is 19.0. The van der Waals surface area contributed by atoms with E-state index in [1.807, 2.05) is 6.07 Å². The van der Waals surface area contributed by atoms with Crippen molar-refractivity contribution in [3.63, 3.8) is 0 Å². The minimum Gasteiger partial charge on any atom is -0.452 e. The number of furan rings is 1. The maximum absolute atomic E-state index is 13.7. The van der Waals surface area contributed by atoms with Crippen molar-refractivity contribution in [2.45, 2.75) is 6.54 Å². The normalized spacial score (nSPS) is 11.1. The van der Waals surface area contributed by atoms with Gasteiger partial charge in [0.25, 0.3) is 0 Å². The van der Waals surface area contributed by atoms with Crippen LogP contribution in [-0.2, 0) is 6.54 Å². The predicted molar refractivity (Wildman–Crippen MR) is 73.3 cm³/mol. The van der Waals surface area contributed by atoms with E-state index in [0.717, 1.165) is 11.1 Å². The summed E-state index contributed by atoms with van der Waals surface area (Å²) in [6.07, 6.45) is 2.62. The molecule has 0 fully saturated rings. The zero-order valence-electron chi connectivity index (χ0n) is 9.91. The van der Waals surface area contributed by atoms with E-state index >= 15 is 0 Å². The Morgan fingerprint density at radius 3 is 2.84 bits per heavy atom. The highest BCUT2D eigenvalue weighted by Crippen LogP contribution is 2.34. The summed E-state index contributed by atoms with van der Waals surface area (Å²) in [6.45, 7) is 0.342. The lowest BCUT2D eigenvalue weighted by molar-refractivity contribution is 0.603. The van der Waals surface area contributed by atoms with Crippen LogP contribution in [0.1, 0.15) is 5.56 Å². The number of nitrogens with two attached hydrogens (primary N) is 1. The Bertz CT molecular complexity index is 751. The highest BCUT2D eigenvalue weighted by molar-refractivity contribution is 6.31. The second-order valence-electron chi connectivity index (χ2n) is 4.24. The second kappa shape index (κ2) is 4.68. The molecule has 3 rings (SSSR count). The zero-order chi connectivity index (χ0) is 13.4. The van der Waals surface area contributed by atoms with Crippen LogP contribution in [0.5, 0.6) is 0 Å². The van der Waals surface area contributed by atoms with Crippen molar-refractivity contribution in [3.8, 4) is 11.1 Å². The van der Waals surface area contributed by atoms with Gasteiger partial charge in [-0.3, -0.25) is 0 Å². The summed E-state index contributed by atoms with van der Waals surface area (Å²) in [5, 5.41) is 1.23. The van der Waals surface area contributed by atoms with Crippen molar-refractivity contribution in [2.75, 3.05) is 0 Å². The monoisotopic (exact) mass is 274 g/mol. The van der Waals surface area contributed by atoms with E-state index in [2.05, 4.69) is 6.26 Å². The fourth-order valence-corrected chi connectivity index (χ4v) is 2.34. The van der Waals surface area contributed by atoms with Gasteiger partial charge in [-0.05, 0) is 41.5 Å². The van der Waals surface area contributed by atoms with E-state index in [1.54, 1.807) is 18.2 Å². The number of hydrogen-bond acceptors (Lipinski definition) is 2. The van der Waals surface area contributed by atoms with Crippen LogP contribution in [0.15, 0.2) is 40.8 Å². The number of fused-ring (bicyclic) bond motifs is 1. The highest BCUT2D eigenvalue weighted by atomic mass is 35.5. The molecule has 0 amide bonds. The van der Waals surface area contributed by atoms with Crippen LogP contribution in [0.25, 0.3) is 22.1 Å². The van der Waals surface area contributed by atoms with E-state index in [9.17, 15) is 4.39 Å². The van der Waals surface area contributed by atoms with Gasteiger partial charge in [-0.2, -0.15) is 0 Å². The summed E-state index contributed by atoms with van der Waals surface area (Å²) in [6, 6.07) is 9.80. The molecule has 0 saturated carbocycles. The first kappa shape index (κ1) is 12.2. The van der Waals surface area contributed by atoms with E-state index in [4.69, 9.17) is 21.8 Å². The van der Waals surface area contributed by atoms with Crippen molar-refractivity contribution in [3.05, 3.63) is 59.1 Å². The molecule has 0 aliphatic heterocycles. The van der Waals surface area contributed by atoms with Crippen molar-refractivity contribution < 1.29 is 8.81 Å². The third-order valence-corrected chi connectivity index (χ3v) is 3.27. The average molecular weight is 275 g/mol. The van der Waals surface area contributed by atoms with Crippen LogP contribution in [-0.4, -0.2) is 0 Å². The van der Waals surface area contributed by atoms with Crippen LogP contribution in [0.3, 0.4) is 0 Å². The molecule has 0 atom stereocenters. The van der Waals surface area contributed by atoms with E-state index in [1.165, 1.54) is 12.1 Å². The molecule has 0 spiro atoms. The average Bonchev–Trinajstić information content (AvgIpc) is 2.85. The van der Waals surface area contributed by atoms with Crippen molar-refractivity contribution in [1.29, 1.82) is 0 Å². The topological polar surface area (TPSA) is 39.2 Å². The fraction of sp³-hybridized carbons (Fsp3) is 0.0667. The molecule has 0 unspecified atom stereocenters. The summed E-state index contributed by atoms with van der Waals surface area (Å²) in [4.78, 5) is 0. The Labute approximate surface area is 114 Å². The lowest BCUT2D eigenvalue weighted by atomic mass is 9.98. The Kier molecular flexibility index (Phi) is 3.01. The minimum atomic E-state index is -0.333. The largest absolute Gasteiger partial charge is 0.452 e. The SMILES string of the molecule is NCc1ccc(Cl)cc1-c1cc(F)cc2c[c]oc12. The molecule has 4 heteroatoms. The van der Waals surface area contributed by atoms with Gasteiger partial charge in [-0.25, -0.2) is 4.39 Å². The smallest absolute Gasteiger partial charge is 0.170 e. The van der Waals surface area contributed by atoms with Crippen LogP contribution in [0, 0.1) is 12.1 Å². The number of halogens is 2. The first-order valence-corrected chi connectivity index (χ1v) is 6.15. The Hall–Kier alpha value is -1.84. The molecule has 1 aromatic heterocycles. The van der Waals surface area contributed by atoms with Gasteiger partial charge in [0, 0.05) is 22.5 Å². The van der Waals surface area contributed by atoms with Crippen LogP contribution >= 0.6 is 11.6 Å². The molecule has 0 saturated heterocycles. The molecule has 1 radical (unpaired) electrons. The van der Waals surface area contributed by atoms with E-state index in [0.29, 0.717) is 28.1 Å². The van der Waals surface area contributed by atoms with Gasteiger partial charge < -0.3 is 10.2 Å². The molecule has 3 aromatic rings. The zero-order valence-corrected chi connectivity index (χ0v) is 10.7. The van der Waals surface area contributed by atoms with Crippen molar-refractivity contribution >= 4 is 22.6 Å². The predicted octanol–water partition coefficient (Wildman–Crippen LogP) is 4.15. The van der Waals surface area contributed by atoms with Gasteiger partial charge >= 0.3 is 0 Å². The Morgan fingerprint density at radius 1 is 1.21 bits per heavy atom. The standard InChI is InChI=1S/C15H10ClFNO/c16-11-2-1-10(8-18)13(6-11)14-7-12(17)5-9-3-4-19-15(9)14/h1-3,5-7H,8,18H2. The van der Waals surface area contributed by atoms with Gasteiger partial charge in [0.1, 0.15) is 11.4 Å². The minimum absolute atomic E-state index is 0.333. The molecular weight excluding hydrogens is 265 g/mol. The first-order chi connectivity index (χ1) is 9.19. The fourth-order valence-electron chi connectivity index (χ4n) is 2.17. The highest BCUT2D eigenvalue weighted by Gasteiger charge is 2.13. The van der Waals surface area contributed by atoms with Crippen molar-refractivity contribution in [1.82, 2.24) is 0 Å². The molecule has 0 aliphatic rings. The molecular formula is C15H10ClFNO. The Morgan fingerprint density at radius 2 is 2.05 bits per heavy atom. The molecule has 95 valence electrons. The van der Waals surface area contributed by atoms with Gasteiger partial charge in [0.05, 0.1) is 0 Å². The molecule has 1 heterocycles. The van der Waals surface area contributed by atoms with Crippen LogP contribution in [0.4, 0.5) is 4.39 Å². The molecule has 2 nitrogen and oxygen atoms in total. The van der Waals surface area contributed by atoms with Gasteiger partial charge in [-0.1, -0.05) is 17.7 Å². The van der Waals surface area contributed by atoms with Crippen LogP contribution in [0.2, 0.25) is 5.02 Å². The second-order valence-corrected chi connectivity index (χ2v) is 4.68. The first-order valence-electron chi connectivity index (χ1n) is 5.77. The maximum atomic E-state index is 13.7. The third kappa shape index (κ3) is 2.11. The van der Waals surface area contributed by atoms with Gasteiger partial charge in [0.2, 0.25) is 0 Å². The summed E-state index contributed by atoms with van der Waals surface area (Å²) in [7, 11) is 0. The quantitative estimate of drug-likeness (QED) is 0.762. The molecule has 19 heavy (non-hydrogen) atoms. The lowest BCUT2D eigenvalue weighted by Gasteiger charge is -2.09. The molecule has 2 aromatic carbocycles. The Balaban J connectivity index is 2.35. The lowest BCUT2D eigenvalue weighted by Crippen LogP contribution is -1.99. The maximum Gasteiger partial charge on any atom is 0.170 e. The van der Waals surface area contributed by atoms with E-state index < -0.39 is 0 Å². The third-order valence-electron chi connectivity index (χ3n) is 3.04. The van der Waals surface area contributed by atoms with Gasteiger partial charge in [0.15, 0.2) is 6.26 Å². The summed E-state index contributed by atoms with van der Waals surface area (Å²) >= 11 is 6.02. The van der Waals surface area contributed by atoms with E-state index in [-0.39, 0.29) is 5.82 Å². The summed E-state index contributed by atoms with van der Waals surface area (Å²) in [5.74, 6) is -0.333. The summed E-state index contributed by atoms with van der Waals surface area (Å²) in [5.41, 5.74) is 8.60. The number of benzene rings is 2. The molecule has 0 aliphatic carbocycles. The number of hydrogen-bond donors (Lipinski definition) is 1.